The molecular formula is C16H16F3N3O5S2. The minimum absolute atomic E-state index is 0.0220. The number of halogens is 3. The van der Waals surface area contributed by atoms with Crippen molar-refractivity contribution < 1.29 is 34.8 Å². The van der Waals surface area contributed by atoms with Crippen LogP contribution in [0.5, 0.6) is 0 Å². The molecule has 0 fully saturated rings. The molecule has 2 aromatic rings. The van der Waals surface area contributed by atoms with E-state index in [1.807, 2.05) is 0 Å². The number of nitrogens with zero attached hydrogens (tertiary/aromatic N) is 1. The van der Waals surface area contributed by atoms with Crippen molar-refractivity contribution in [2.75, 3.05) is 25.1 Å². The molecule has 0 unspecified atom stereocenters. The summed E-state index contributed by atoms with van der Waals surface area (Å²) in [4.78, 5) is 11.2. The van der Waals surface area contributed by atoms with Gasteiger partial charge in [-0.15, -0.1) is 0 Å². The van der Waals surface area contributed by atoms with Crippen LogP contribution in [0, 0.1) is 0 Å². The minimum Gasteiger partial charge on any atom is -0.397 e. The second-order valence-corrected chi connectivity index (χ2v) is 10.1. The van der Waals surface area contributed by atoms with Crippen molar-refractivity contribution in [3.05, 3.63) is 48.0 Å². The van der Waals surface area contributed by atoms with E-state index in [-0.39, 0.29) is 21.8 Å². The summed E-state index contributed by atoms with van der Waals surface area (Å²) in [5.41, 5.74) is -0.434. The van der Waals surface area contributed by atoms with Gasteiger partial charge in [0.2, 0.25) is 10.0 Å². The van der Waals surface area contributed by atoms with E-state index < -0.39 is 36.2 Å². The van der Waals surface area contributed by atoms with Crippen molar-refractivity contribution in [3.8, 4) is 0 Å². The van der Waals surface area contributed by atoms with Gasteiger partial charge in [-0.2, -0.15) is 13.2 Å². The lowest BCUT2D eigenvalue weighted by atomic mass is 10.2. The van der Waals surface area contributed by atoms with Gasteiger partial charge < -0.3 is 11.1 Å². The van der Waals surface area contributed by atoms with Crippen molar-refractivity contribution in [2.45, 2.75) is 15.3 Å². The van der Waals surface area contributed by atoms with Gasteiger partial charge in [0.15, 0.2) is 0 Å². The first kappa shape index (κ1) is 22.6. The lowest BCUT2D eigenvalue weighted by molar-refractivity contribution is -0.0436. The number of hydrogen-bond donors (Lipinski definition) is 2. The van der Waals surface area contributed by atoms with Gasteiger partial charge in [0.25, 0.3) is 15.7 Å². The smallest absolute Gasteiger partial charge is 0.397 e. The number of carbonyl (C=O) groups excluding carboxylic acids is 1. The standard InChI is InChI=1S/C16H16F3N3O5S2/c1-22(2)29(26,27)11-5-3-10(4-6-11)15(23)21-14-9-12(7-8-13(14)20)28(24,25)16(17,18)19/h3-9H,20H2,1-2H3,(H,21,23). The molecule has 8 nitrogen and oxygen atoms in total. The summed E-state index contributed by atoms with van der Waals surface area (Å²) in [7, 11) is -6.67. The monoisotopic (exact) mass is 451 g/mol. The number of alkyl halides is 3. The maximum Gasteiger partial charge on any atom is 0.501 e. The molecular weight excluding hydrogens is 435 g/mol. The summed E-state index contributed by atoms with van der Waals surface area (Å²) in [6.45, 7) is 0. The van der Waals surface area contributed by atoms with Crippen LogP contribution in [0.15, 0.2) is 52.3 Å². The number of sulfonamides is 1. The maximum atomic E-state index is 12.7. The summed E-state index contributed by atoms with van der Waals surface area (Å²) in [6.07, 6.45) is 0. The van der Waals surface area contributed by atoms with Crippen molar-refractivity contribution in [3.63, 3.8) is 0 Å². The van der Waals surface area contributed by atoms with E-state index in [0.717, 1.165) is 10.4 Å². The van der Waals surface area contributed by atoms with Gasteiger partial charge in [-0.1, -0.05) is 0 Å². The van der Waals surface area contributed by atoms with E-state index in [1.165, 1.54) is 38.4 Å². The molecule has 0 atom stereocenters. The van der Waals surface area contributed by atoms with Crippen molar-refractivity contribution in [1.29, 1.82) is 0 Å². The Bertz CT molecular complexity index is 1140. The second-order valence-electron chi connectivity index (χ2n) is 5.96. The topological polar surface area (TPSA) is 127 Å². The Morgan fingerprint density at radius 1 is 0.966 bits per heavy atom. The molecule has 158 valence electrons. The molecule has 0 saturated carbocycles. The zero-order valence-electron chi connectivity index (χ0n) is 15.1. The average Bonchev–Trinajstić information content (AvgIpc) is 2.62. The number of hydrogen-bond acceptors (Lipinski definition) is 6. The molecule has 0 aliphatic carbocycles. The van der Waals surface area contributed by atoms with Crippen LogP contribution in [0.2, 0.25) is 0 Å². The fourth-order valence-corrected chi connectivity index (χ4v) is 3.82. The molecule has 1 amide bonds. The molecule has 3 N–H and O–H groups in total. The first-order valence-corrected chi connectivity index (χ1v) is 10.6. The van der Waals surface area contributed by atoms with Crippen LogP contribution in [0.25, 0.3) is 0 Å². The maximum absolute atomic E-state index is 12.7. The molecule has 0 radical (unpaired) electrons. The number of rotatable bonds is 5. The highest BCUT2D eigenvalue weighted by Crippen LogP contribution is 2.33. The second kappa shape index (κ2) is 7.65. The summed E-state index contributed by atoms with van der Waals surface area (Å²) in [5, 5.41) is 2.22. The van der Waals surface area contributed by atoms with Crippen LogP contribution in [0.3, 0.4) is 0 Å². The van der Waals surface area contributed by atoms with E-state index in [1.54, 1.807) is 0 Å². The lowest BCUT2D eigenvalue weighted by Gasteiger charge is -2.13. The third-order valence-corrected chi connectivity index (χ3v) is 7.10. The van der Waals surface area contributed by atoms with E-state index in [0.29, 0.717) is 12.1 Å². The molecule has 2 rings (SSSR count). The van der Waals surface area contributed by atoms with Gasteiger partial charge in [-0.05, 0) is 42.5 Å². The molecule has 0 heterocycles. The van der Waals surface area contributed by atoms with E-state index in [2.05, 4.69) is 5.32 Å². The highest BCUT2D eigenvalue weighted by atomic mass is 32.2. The van der Waals surface area contributed by atoms with Crippen molar-refractivity contribution in [2.24, 2.45) is 0 Å². The first-order chi connectivity index (χ1) is 13.2. The molecule has 0 aliphatic heterocycles. The first-order valence-electron chi connectivity index (χ1n) is 7.73. The number of anilines is 2. The van der Waals surface area contributed by atoms with Crippen LogP contribution >= 0.6 is 0 Å². The van der Waals surface area contributed by atoms with Gasteiger partial charge in [-0.25, -0.2) is 21.1 Å². The van der Waals surface area contributed by atoms with Crippen LogP contribution in [0.4, 0.5) is 24.5 Å². The molecule has 2 aromatic carbocycles. The molecule has 13 heteroatoms. The number of nitrogens with one attached hydrogen (secondary N) is 1. The number of sulfone groups is 1. The molecule has 0 aliphatic rings. The third kappa shape index (κ3) is 4.52. The Labute approximate surface area is 165 Å². The molecule has 0 spiro atoms. The largest absolute Gasteiger partial charge is 0.501 e. The van der Waals surface area contributed by atoms with Gasteiger partial charge in [-0.3, -0.25) is 4.79 Å². The van der Waals surface area contributed by atoms with Crippen molar-refractivity contribution >= 4 is 37.1 Å². The van der Waals surface area contributed by atoms with Gasteiger partial charge in [0.05, 0.1) is 21.2 Å². The van der Waals surface area contributed by atoms with Crippen LogP contribution in [0.1, 0.15) is 10.4 Å². The number of carbonyl (C=O) groups is 1. The third-order valence-electron chi connectivity index (χ3n) is 3.78. The minimum atomic E-state index is -5.62. The van der Waals surface area contributed by atoms with Crippen LogP contribution in [-0.4, -0.2) is 46.7 Å². The molecule has 0 saturated heterocycles. The molecule has 29 heavy (non-hydrogen) atoms. The van der Waals surface area contributed by atoms with Gasteiger partial charge in [0.1, 0.15) is 0 Å². The van der Waals surface area contributed by atoms with Crippen LogP contribution in [-0.2, 0) is 19.9 Å². The summed E-state index contributed by atoms with van der Waals surface area (Å²) in [5.74, 6) is -0.827. The Hall–Kier alpha value is -2.64. The summed E-state index contributed by atoms with van der Waals surface area (Å²) >= 11 is 0. The predicted octanol–water partition coefficient (Wildman–Crippen LogP) is 2.06. The number of benzene rings is 2. The fraction of sp³-hybridized carbons (Fsp3) is 0.188. The zero-order chi connectivity index (χ0) is 22.2. The summed E-state index contributed by atoms with van der Waals surface area (Å²) < 4.78 is 86.2. The molecule has 0 aromatic heterocycles. The van der Waals surface area contributed by atoms with E-state index in [9.17, 15) is 34.8 Å². The lowest BCUT2D eigenvalue weighted by Crippen LogP contribution is -2.23. The van der Waals surface area contributed by atoms with Gasteiger partial charge in [0, 0.05) is 19.7 Å². The fourth-order valence-electron chi connectivity index (χ4n) is 2.13. The normalized spacial score (nSPS) is 12.8. The average molecular weight is 451 g/mol. The SMILES string of the molecule is CN(C)S(=O)(=O)c1ccc(C(=O)Nc2cc(S(=O)(=O)C(F)(F)F)ccc2N)cc1. The Morgan fingerprint density at radius 2 is 1.48 bits per heavy atom. The summed E-state index contributed by atoms with van der Waals surface area (Å²) in [6, 6.07) is 6.93. The Balaban J connectivity index is 2.33. The van der Waals surface area contributed by atoms with E-state index in [4.69, 9.17) is 5.73 Å². The Kier molecular flexibility index (Phi) is 5.97. The molecule has 0 bridgehead atoms. The van der Waals surface area contributed by atoms with Crippen molar-refractivity contribution in [1.82, 2.24) is 4.31 Å². The highest BCUT2D eigenvalue weighted by molar-refractivity contribution is 7.92. The van der Waals surface area contributed by atoms with E-state index >= 15 is 0 Å². The number of amides is 1. The zero-order valence-corrected chi connectivity index (χ0v) is 16.7. The predicted molar refractivity (Wildman–Crippen MR) is 99.4 cm³/mol. The Morgan fingerprint density at radius 3 is 1.97 bits per heavy atom. The quantitative estimate of drug-likeness (QED) is 0.670. The van der Waals surface area contributed by atoms with Gasteiger partial charge >= 0.3 is 5.51 Å². The highest BCUT2D eigenvalue weighted by Gasteiger charge is 2.47. The van der Waals surface area contributed by atoms with Crippen LogP contribution < -0.4 is 11.1 Å². The number of nitrogens with two attached hydrogens (primary N) is 1. The number of nitrogen functional groups attached to an aromatic ring is 1.